The first-order valence-electron chi connectivity index (χ1n) is 4.02. The van der Waals surface area contributed by atoms with Crippen LogP contribution in [0.4, 0.5) is 0 Å². The van der Waals surface area contributed by atoms with E-state index in [0.717, 1.165) is 12.8 Å². The van der Waals surface area contributed by atoms with Gasteiger partial charge in [-0.3, -0.25) is 5.26 Å². The van der Waals surface area contributed by atoms with E-state index >= 15 is 0 Å². The van der Waals surface area contributed by atoms with E-state index in [1.54, 1.807) is 13.8 Å². The van der Waals surface area contributed by atoms with Gasteiger partial charge in [0.25, 0.3) is 0 Å². The molecule has 0 aliphatic carbocycles. The third-order valence-electron chi connectivity index (χ3n) is 1.60. The molecule has 0 saturated carbocycles. The van der Waals surface area contributed by atoms with Crippen LogP contribution in [-0.4, -0.2) is 22.1 Å². The standard InChI is InChI=1S/C8H18O3/c1-4-5-7(9)6-8(2,3)11-10/h7,9-10H,4-6H2,1-3H3. The van der Waals surface area contributed by atoms with Gasteiger partial charge in [0.2, 0.25) is 0 Å². The van der Waals surface area contributed by atoms with Crippen molar-refractivity contribution in [2.45, 2.75) is 51.7 Å². The van der Waals surface area contributed by atoms with Crippen molar-refractivity contribution in [3.8, 4) is 0 Å². The van der Waals surface area contributed by atoms with Gasteiger partial charge in [0.15, 0.2) is 0 Å². The molecule has 0 rings (SSSR count). The average molecular weight is 162 g/mol. The first-order chi connectivity index (χ1) is 5.02. The van der Waals surface area contributed by atoms with Gasteiger partial charge in [-0.25, -0.2) is 4.89 Å². The van der Waals surface area contributed by atoms with E-state index < -0.39 is 5.60 Å². The Balaban J connectivity index is 3.64. The van der Waals surface area contributed by atoms with Gasteiger partial charge in [-0.2, -0.15) is 0 Å². The third-order valence-corrected chi connectivity index (χ3v) is 1.60. The summed E-state index contributed by atoms with van der Waals surface area (Å²) in [5.74, 6) is 0. The van der Waals surface area contributed by atoms with Crippen LogP contribution in [0.2, 0.25) is 0 Å². The van der Waals surface area contributed by atoms with E-state index in [4.69, 9.17) is 5.26 Å². The van der Waals surface area contributed by atoms with Gasteiger partial charge in [-0.1, -0.05) is 13.3 Å². The van der Waals surface area contributed by atoms with Crippen LogP contribution in [0, 0.1) is 0 Å². The van der Waals surface area contributed by atoms with Gasteiger partial charge in [0, 0.05) is 6.42 Å². The van der Waals surface area contributed by atoms with Crippen molar-refractivity contribution in [1.82, 2.24) is 0 Å². The fourth-order valence-electron chi connectivity index (χ4n) is 1.04. The summed E-state index contributed by atoms with van der Waals surface area (Å²) in [5.41, 5.74) is -0.630. The summed E-state index contributed by atoms with van der Waals surface area (Å²) >= 11 is 0. The van der Waals surface area contributed by atoms with Crippen LogP contribution in [0.1, 0.15) is 40.0 Å². The molecule has 3 nitrogen and oxygen atoms in total. The fraction of sp³-hybridized carbons (Fsp3) is 1.00. The zero-order valence-corrected chi connectivity index (χ0v) is 7.50. The molecule has 2 N–H and O–H groups in total. The maximum absolute atomic E-state index is 9.32. The topological polar surface area (TPSA) is 49.7 Å². The molecule has 0 spiro atoms. The first kappa shape index (κ1) is 10.9. The maximum atomic E-state index is 9.32. The molecule has 0 amide bonds. The summed E-state index contributed by atoms with van der Waals surface area (Å²) < 4.78 is 0. The highest BCUT2D eigenvalue weighted by atomic mass is 17.1. The van der Waals surface area contributed by atoms with Crippen molar-refractivity contribution in [3.63, 3.8) is 0 Å². The van der Waals surface area contributed by atoms with Gasteiger partial charge in [-0.05, 0) is 20.3 Å². The summed E-state index contributed by atoms with van der Waals surface area (Å²) in [4.78, 5) is 4.19. The van der Waals surface area contributed by atoms with Crippen molar-refractivity contribution in [3.05, 3.63) is 0 Å². The van der Waals surface area contributed by atoms with E-state index in [2.05, 4.69) is 4.89 Å². The molecule has 11 heavy (non-hydrogen) atoms. The van der Waals surface area contributed by atoms with Crippen molar-refractivity contribution in [1.29, 1.82) is 0 Å². The lowest BCUT2D eigenvalue weighted by Gasteiger charge is -2.23. The van der Waals surface area contributed by atoms with E-state index in [9.17, 15) is 5.11 Å². The molecule has 0 radical (unpaired) electrons. The lowest BCUT2D eigenvalue weighted by atomic mass is 9.98. The molecule has 0 aliphatic rings. The summed E-state index contributed by atoms with van der Waals surface area (Å²) in [7, 11) is 0. The van der Waals surface area contributed by atoms with Gasteiger partial charge in [-0.15, -0.1) is 0 Å². The summed E-state index contributed by atoms with van der Waals surface area (Å²) in [6, 6.07) is 0. The Kier molecular flexibility index (Phi) is 4.65. The number of rotatable bonds is 5. The zero-order valence-electron chi connectivity index (χ0n) is 7.50. The highest BCUT2D eigenvalue weighted by Crippen LogP contribution is 2.17. The molecular weight excluding hydrogens is 144 g/mol. The average Bonchev–Trinajstić information content (AvgIpc) is 1.87. The lowest BCUT2D eigenvalue weighted by molar-refractivity contribution is -0.317. The fourth-order valence-corrected chi connectivity index (χ4v) is 1.04. The Bertz CT molecular complexity index is 102. The van der Waals surface area contributed by atoms with Crippen LogP contribution in [0.5, 0.6) is 0 Å². The van der Waals surface area contributed by atoms with Gasteiger partial charge < -0.3 is 5.11 Å². The minimum atomic E-state index is -0.630. The van der Waals surface area contributed by atoms with E-state index in [1.165, 1.54) is 0 Å². The SMILES string of the molecule is CCCC(O)CC(C)(C)OO. The Labute approximate surface area is 67.9 Å². The predicted molar refractivity (Wildman–Crippen MR) is 43.3 cm³/mol. The van der Waals surface area contributed by atoms with Crippen molar-refractivity contribution >= 4 is 0 Å². The maximum Gasteiger partial charge on any atom is 0.100 e. The van der Waals surface area contributed by atoms with Gasteiger partial charge >= 0.3 is 0 Å². The molecule has 1 unspecified atom stereocenters. The molecular formula is C8H18O3. The Morgan fingerprint density at radius 1 is 1.45 bits per heavy atom. The quantitative estimate of drug-likeness (QED) is 0.478. The highest BCUT2D eigenvalue weighted by Gasteiger charge is 2.22. The number of aliphatic hydroxyl groups is 1. The molecule has 0 heterocycles. The van der Waals surface area contributed by atoms with E-state index in [1.807, 2.05) is 6.92 Å². The molecule has 0 aliphatic heterocycles. The second kappa shape index (κ2) is 4.70. The molecule has 0 fully saturated rings. The lowest BCUT2D eigenvalue weighted by Crippen LogP contribution is -2.28. The molecule has 1 atom stereocenters. The van der Waals surface area contributed by atoms with Crippen LogP contribution in [-0.2, 0) is 4.89 Å². The molecule has 0 bridgehead atoms. The minimum absolute atomic E-state index is 0.373. The van der Waals surface area contributed by atoms with Gasteiger partial charge in [0.05, 0.1) is 6.10 Å². The summed E-state index contributed by atoms with van der Waals surface area (Å²) in [6.07, 6.45) is 1.80. The van der Waals surface area contributed by atoms with Gasteiger partial charge in [0.1, 0.15) is 5.60 Å². The Morgan fingerprint density at radius 2 is 2.00 bits per heavy atom. The van der Waals surface area contributed by atoms with Crippen LogP contribution >= 0.6 is 0 Å². The molecule has 0 aromatic carbocycles. The normalized spacial score (nSPS) is 15.0. The van der Waals surface area contributed by atoms with E-state index in [0.29, 0.717) is 6.42 Å². The van der Waals surface area contributed by atoms with Crippen LogP contribution in [0.15, 0.2) is 0 Å². The largest absolute Gasteiger partial charge is 0.393 e. The van der Waals surface area contributed by atoms with Crippen molar-refractivity contribution in [2.24, 2.45) is 0 Å². The Morgan fingerprint density at radius 3 is 2.36 bits per heavy atom. The third kappa shape index (κ3) is 5.18. The van der Waals surface area contributed by atoms with Crippen LogP contribution < -0.4 is 0 Å². The van der Waals surface area contributed by atoms with Crippen molar-refractivity contribution in [2.75, 3.05) is 0 Å². The smallest absolute Gasteiger partial charge is 0.100 e. The molecule has 0 aromatic heterocycles. The number of hydrogen-bond donors (Lipinski definition) is 2. The first-order valence-corrected chi connectivity index (χ1v) is 4.02. The van der Waals surface area contributed by atoms with E-state index in [-0.39, 0.29) is 6.10 Å². The Hall–Kier alpha value is -0.120. The predicted octanol–water partition coefficient (Wildman–Crippen LogP) is 1.81. The second-order valence-corrected chi connectivity index (χ2v) is 3.50. The summed E-state index contributed by atoms with van der Waals surface area (Å²) in [5, 5.41) is 17.7. The molecule has 68 valence electrons. The highest BCUT2D eigenvalue weighted by molar-refractivity contribution is 4.71. The molecule has 0 aromatic rings. The second-order valence-electron chi connectivity index (χ2n) is 3.50. The zero-order chi connectivity index (χ0) is 8.91. The molecule has 0 saturated heterocycles. The minimum Gasteiger partial charge on any atom is -0.393 e. The number of aliphatic hydroxyl groups excluding tert-OH is 1. The van der Waals surface area contributed by atoms with Crippen molar-refractivity contribution < 1.29 is 15.3 Å². The molecule has 3 heteroatoms. The van der Waals surface area contributed by atoms with Crippen LogP contribution in [0.3, 0.4) is 0 Å². The summed E-state index contributed by atoms with van der Waals surface area (Å²) in [6.45, 7) is 5.49. The number of hydrogen-bond acceptors (Lipinski definition) is 3. The van der Waals surface area contributed by atoms with Crippen LogP contribution in [0.25, 0.3) is 0 Å². The monoisotopic (exact) mass is 162 g/mol.